The first kappa shape index (κ1) is 17.8. The average Bonchev–Trinajstić information content (AvgIpc) is 3.19. The van der Waals surface area contributed by atoms with Crippen LogP contribution in [-0.2, 0) is 5.31 Å². The Bertz CT molecular complexity index is 1390. The predicted molar refractivity (Wildman–Crippen MR) is 125 cm³/mol. The van der Waals surface area contributed by atoms with Gasteiger partial charge in [-0.1, -0.05) is 74.6 Å². The normalized spacial score (nSPS) is 16.4. The number of para-hydroxylation sites is 1. The van der Waals surface area contributed by atoms with Crippen LogP contribution in [0, 0.1) is 0 Å². The molecule has 1 fully saturated rings. The summed E-state index contributed by atoms with van der Waals surface area (Å²) >= 11 is 0. The summed E-state index contributed by atoms with van der Waals surface area (Å²) in [5.41, 5.74) is 4.94. The zero-order valence-corrected chi connectivity index (χ0v) is 16.9. The van der Waals surface area contributed by atoms with Crippen LogP contribution < -0.4 is 0 Å². The average molecular weight is 387 g/mol. The second kappa shape index (κ2) is 6.73. The second-order valence-corrected chi connectivity index (χ2v) is 8.59. The minimum Gasteiger partial charge on any atom is -0.455 e. The molecule has 3 heteroatoms. The third-order valence-corrected chi connectivity index (χ3v) is 6.74. The van der Waals surface area contributed by atoms with Crippen LogP contribution in [-0.4, -0.2) is 12.8 Å². The second-order valence-electron chi connectivity index (χ2n) is 8.59. The van der Waals surface area contributed by atoms with E-state index in [1.165, 1.54) is 41.0 Å². The van der Waals surface area contributed by atoms with Crippen molar-refractivity contribution in [2.45, 2.75) is 37.4 Å². The van der Waals surface area contributed by atoms with Crippen LogP contribution in [0.25, 0.3) is 44.0 Å². The lowest BCUT2D eigenvalue weighted by atomic mass is 9.57. The summed E-state index contributed by atoms with van der Waals surface area (Å²) < 4.78 is 6.39. The molecule has 0 spiro atoms. The van der Waals surface area contributed by atoms with Crippen molar-refractivity contribution in [3.8, 4) is 11.3 Å². The molecule has 1 aliphatic rings. The molecule has 2 nitrogen and oxygen atoms in total. The Kier molecular flexibility index (Phi) is 3.99. The van der Waals surface area contributed by atoms with Gasteiger partial charge in [-0.15, -0.1) is 0 Å². The molecule has 1 saturated carbocycles. The summed E-state index contributed by atoms with van der Waals surface area (Å²) in [6.07, 6.45) is 7.64. The van der Waals surface area contributed by atoms with E-state index < -0.39 is 0 Å². The van der Waals surface area contributed by atoms with Crippen molar-refractivity contribution in [2.75, 3.05) is 0 Å². The van der Waals surface area contributed by atoms with E-state index in [4.69, 9.17) is 17.2 Å². The van der Waals surface area contributed by atoms with Crippen LogP contribution >= 0.6 is 0 Å². The molecule has 0 saturated heterocycles. The van der Waals surface area contributed by atoms with Gasteiger partial charge in [0.25, 0.3) is 0 Å². The van der Waals surface area contributed by atoms with Gasteiger partial charge in [0.15, 0.2) is 0 Å². The van der Waals surface area contributed by atoms with E-state index in [0.29, 0.717) is 0 Å². The molecule has 1 aliphatic carbocycles. The smallest absolute Gasteiger partial charge is 0.144 e. The summed E-state index contributed by atoms with van der Waals surface area (Å²) in [7, 11) is 6.81. The third-order valence-electron chi connectivity index (χ3n) is 6.74. The van der Waals surface area contributed by atoms with Crippen LogP contribution in [0.1, 0.15) is 37.7 Å². The first-order valence-corrected chi connectivity index (χ1v) is 10.8. The first-order chi connectivity index (χ1) is 14.7. The maximum atomic E-state index is 6.81. The van der Waals surface area contributed by atoms with Crippen LogP contribution in [0.2, 0.25) is 0 Å². The van der Waals surface area contributed by atoms with Gasteiger partial charge in [0, 0.05) is 22.5 Å². The SMILES string of the molecule is [B]C1(c2ccnc(-c3cccc4c3oc3ccc5ccccc5c34)c2)CCCCC1. The number of furan rings is 1. The predicted octanol–water partition coefficient (Wildman–Crippen LogP) is 7.13. The van der Waals surface area contributed by atoms with Gasteiger partial charge in [0.2, 0.25) is 0 Å². The highest BCUT2D eigenvalue weighted by Crippen LogP contribution is 2.41. The Labute approximate surface area is 177 Å². The molecule has 0 amide bonds. The van der Waals surface area contributed by atoms with E-state index in [2.05, 4.69) is 66.7 Å². The molecule has 0 unspecified atom stereocenters. The van der Waals surface area contributed by atoms with E-state index in [9.17, 15) is 0 Å². The number of hydrogen-bond acceptors (Lipinski definition) is 2. The summed E-state index contributed by atoms with van der Waals surface area (Å²) in [5, 5.41) is 4.50. The van der Waals surface area contributed by atoms with E-state index in [-0.39, 0.29) is 5.31 Å². The van der Waals surface area contributed by atoms with Gasteiger partial charge >= 0.3 is 0 Å². The Morgan fingerprint density at radius 2 is 1.67 bits per heavy atom. The maximum absolute atomic E-state index is 6.81. The Balaban J connectivity index is 1.57. The van der Waals surface area contributed by atoms with Gasteiger partial charge in [0.05, 0.1) is 13.5 Å². The fourth-order valence-corrected chi connectivity index (χ4v) is 5.13. The van der Waals surface area contributed by atoms with Crippen molar-refractivity contribution in [1.29, 1.82) is 0 Å². The summed E-state index contributed by atoms with van der Waals surface area (Å²) in [5.74, 6) is 0. The standard InChI is InChI=1S/C27H22BNO/c28-27(14-4-1-5-15-27)19-13-16-29-23(17-19)21-9-6-10-22-25-20-8-3-2-7-18(20)11-12-24(25)30-26(21)22/h2-3,6-13,16-17H,1,4-5,14-15H2. The Morgan fingerprint density at radius 1 is 0.833 bits per heavy atom. The zero-order valence-electron chi connectivity index (χ0n) is 16.9. The monoisotopic (exact) mass is 387 g/mol. The molecule has 0 bridgehead atoms. The topological polar surface area (TPSA) is 26.0 Å². The van der Waals surface area contributed by atoms with Gasteiger partial charge in [-0.2, -0.15) is 0 Å². The van der Waals surface area contributed by atoms with Crippen LogP contribution in [0.15, 0.2) is 77.3 Å². The Morgan fingerprint density at radius 3 is 2.57 bits per heavy atom. The number of nitrogens with zero attached hydrogens (tertiary/aromatic N) is 1. The number of pyridine rings is 1. The molecular formula is C27H22BNO. The molecular weight excluding hydrogens is 365 g/mol. The quantitative estimate of drug-likeness (QED) is 0.301. The minimum absolute atomic E-state index is 0.242. The fraction of sp³-hybridized carbons (Fsp3) is 0.222. The first-order valence-electron chi connectivity index (χ1n) is 10.8. The van der Waals surface area contributed by atoms with E-state index in [0.717, 1.165) is 40.7 Å². The van der Waals surface area contributed by atoms with E-state index in [1.807, 2.05) is 6.20 Å². The molecule has 2 radical (unpaired) electrons. The van der Waals surface area contributed by atoms with Gasteiger partial charge in [0.1, 0.15) is 11.2 Å². The summed E-state index contributed by atoms with van der Waals surface area (Å²) in [6, 6.07) is 23.3. The zero-order chi connectivity index (χ0) is 20.1. The van der Waals surface area contributed by atoms with Crippen molar-refractivity contribution >= 4 is 40.6 Å². The van der Waals surface area contributed by atoms with Crippen LogP contribution in [0.3, 0.4) is 0 Å². The lowest BCUT2D eigenvalue weighted by Crippen LogP contribution is -2.29. The highest BCUT2D eigenvalue weighted by molar-refractivity contribution is 6.20. The van der Waals surface area contributed by atoms with E-state index >= 15 is 0 Å². The van der Waals surface area contributed by atoms with Crippen LogP contribution in [0.4, 0.5) is 0 Å². The van der Waals surface area contributed by atoms with Gasteiger partial charge in [-0.05, 0) is 45.9 Å². The van der Waals surface area contributed by atoms with Crippen molar-refractivity contribution in [3.63, 3.8) is 0 Å². The van der Waals surface area contributed by atoms with Crippen molar-refractivity contribution in [2.24, 2.45) is 0 Å². The summed E-state index contributed by atoms with van der Waals surface area (Å²) in [4.78, 5) is 4.70. The number of fused-ring (bicyclic) bond motifs is 5. The molecule has 0 N–H and O–H groups in total. The highest BCUT2D eigenvalue weighted by atomic mass is 16.3. The molecule has 144 valence electrons. The molecule has 6 rings (SSSR count). The number of benzene rings is 3. The van der Waals surface area contributed by atoms with E-state index in [1.54, 1.807) is 0 Å². The maximum Gasteiger partial charge on any atom is 0.144 e. The van der Waals surface area contributed by atoms with Gasteiger partial charge in [-0.3, -0.25) is 4.98 Å². The lowest BCUT2D eigenvalue weighted by molar-refractivity contribution is 0.398. The van der Waals surface area contributed by atoms with Crippen LogP contribution in [0.5, 0.6) is 0 Å². The number of hydrogen-bond donors (Lipinski definition) is 0. The van der Waals surface area contributed by atoms with Gasteiger partial charge in [-0.25, -0.2) is 0 Å². The largest absolute Gasteiger partial charge is 0.455 e. The minimum atomic E-state index is -0.242. The van der Waals surface area contributed by atoms with Gasteiger partial charge < -0.3 is 4.42 Å². The van der Waals surface area contributed by atoms with Crippen molar-refractivity contribution in [3.05, 3.63) is 78.5 Å². The molecule has 30 heavy (non-hydrogen) atoms. The van der Waals surface area contributed by atoms with Crippen molar-refractivity contribution < 1.29 is 4.42 Å². The lowest BCUT2D eigenvalue weighted by Gasteiger charge is -2.34. The molecule has 3 aromatic carbocycles. The molecule has 0 aliphatic heterocycles. The highest BCUT2D eigenvalue weighted by Gasteiger charge is 2.28. The summed E-state index contributed by atoms with van der Waals surface area (Å²) in [6.45, 7) is 0. The number of rotatable bonds is 2. The fourth-order valence-electron chi connectivity index (χ4n) is 5.13. The third kappa shape index (κ3) is 2.69. The Hall–Kier alpha value is -3.07. The molecule has 0 atom stereocenters. The molecule has 5 aromatic rings. The molecule has 2 heterocycles. The number of aromatic nitrogens is 1. The van der Waals surface area contributed by atoms with Crippen molar-refractivity contribution in [1.82, 2.24) is 4.98 Å². The molecule has 2 aromatic heterocycles.